The second kappa shape index (κ2) is 5.47. The molecule has 0 radical (unpaired) electrons. The fraction of sp³-hybridized carbons (Fsp3) is 0.444. The number of aliphatic imine (C=N–C) groups is 1. The van der Waals surface area contributed by atoms with Crippen LogP contribution in [0.4, 0.5) is 5.69 Å². The van der Waals surface area contributed by atoms with Crippen LogP contribution in [0, 0.1) is 19.8 Å². The third kappa shape index (κ3) is 2.78. The minimum Gasteiger partial charge on any atom is -0.321 e. The van der Waals surface area contributed by atoms with Gasteiger partial charge in [-0.1, -0.05) is 13.0 Å². The van der Waals surface area contributed by atoms with Crippen molar-refractivity contribution in [3.8, 4) is 0 Å². The molecule has 0 spiro atoms. The SMILES string of the molecule is Cc1ccc(NC(=O)C2=NCC3=C2CC(C)CC3)cc1C. The van der Waals surface area contributed by atoms with E-state index >= 15 is 0 Å². The summed E-state index contributed by atoms with van der Waals surface area (Å²) in [7, 11) is 0. The van der Waals surface area contributed by atoms with E-state index in [1.807, 2.05) is 18.2 Å². The summed E-state index contributed by atoms with van der Waals surface area (Å²) in [6.07, 6.45) is 3.31. The molecule has 2 aliphatic rings. The molecule has 1 aromatic rings. The number of nitrogens with one attached hydrogen (secondary N) is 1. The van der Waals surface area contributed by atoms with Gasteiger partial charge in [0.05, 0.1) is 6.54 Å². The number of benzene rings is 1. The normalized spacial score (nSPS) is 21.1. The first-order valence-electron chi connectivity index (χ1n) is 7.69. The molecule has 1 amide bonds. The van der Waals surface area contributed by atoms with E-state index in [9.17, 15) is 4.79 Å². The molecule has 110 valence electrons. The van der Waals surface area contributed by atoms with E-state index in [1.54, 1.807) is 0 Å². The number of carbonyl (C=O) groups excluding carboxylic acids is 1. The Balaban J connectivity index is 1.77. The zero-order valence-corrected chi connectivity index (χ0v) is 13.0. The maximum atomic E-state index is 12.5. The highest BCUT2D eigenvalue weighted by Crippen LogP contribution is 2.33. The van der Waals surface area contributed by atoms with Crippen LogP contribution in [0.25, 0.3) is 0 Å². The number of nitrogens with zero attached hydrogens (tertiary/aromatic N) is 1. The van der Waals surface area contributed by atoms with E-state index in [4.69, 9.17) is 0 Å². The molecule has 1 aliphatic carbocycles. The minimum absolute atomic E-state index is 0.0580. The highest BCUT2D eigenvalue weighted by molar-refractivity contribution is 6.49. The summed E-state index contributed by atoms with van der Waals surface area (Å²) in [4.78, 5) is 17.0. The van der Waals surface area contributed by atoms with E-state index in [1.165, 1.54) is 28.7 Å². The van der Waals surface area contributed by atoms with Gasteiger partial charge in [-0.25, -0.2) is 0 Å². The van der Waals surface area contributed by atoms with Crippen LogP contribution in [0.3, 0.4) is 0 Å². The van der Waals surface area contributed by atoms with Gasteiger partial charge in [0, 0.05) is 5.69 Å². The molecule has 1 N–H and O–H groups in total. The first-order valence-corrected chi connectivity index (χ1v) is 7.69. The zero-order valence-electron chi connectivity index (χ0n) is 13.0. The number of hydrogen-bond donors (Lipinski definition) is 1. The lowest BCUT2D eigenvalue weighted by molar-refractivity contribution is -0.110. The van der Waals surface area contributed by atoms with E-state index in [2.05, 4.69) is 31.1 Å². The molecule has 1 atom stereocenters. The molecule has 21 heavy (non-hydrogen) atoms. The summed E-state index contributed by atoms with van der Waals surface area (Å²) in [5, 5.41) is 3.00. The Hall–Kier alpha value is -1.90. The molecule has 3 heteroatoms. The molecular formula is C18H22N2O. The lowest BCUT2D eigenvalue weighted by Gasteiger charge is -2.20. The summed E-state index contributed by atoms with van der Waals surface area (Å²) >= 11 is 0. The molecule has 3 rings (SSSR count). The van der Waals surface area contributed by atoms with E-state index in [0.29, 0.717) is 11.6 Å². The van der Waals surface area contributed by atoms with Crippen molar-refractivity contribution in [2.75, 3.05) is 11.9 Å². The van der Waals surface area contributed by atoms with Crippen molar-refractivity contribution in [3.05, 3.63) is 40.5 Å². The van der Waals surface area contributed by atoms with Gasteiger partial charge >= 0.3 is 0 Å². The zero-order chi connectivity index (χ0) is 15.0. The summed E-state index contributed by atoms with van der Waals surface area (Å²) in [6.45, 7) is 7.10. The molecule has 0 fully saturated rings. The molecule has 0 bridgehead atoms. The van der Waals surface area contributed by atoms with Crippen molar-refractivity contribution in [1.29, 1.82) is 0 Å². The number of aryl methyl sites for hydroxylation is 2. The van der Waals surface area contributed by atoms with Crippen molar-refractivity contribution in [2.45, 2.75) is 40.0 Å². The summed E-state index contributed by atoms with van der Waals surface area (Å²) in [5.74, 6) is 0.596. The third-order valence-corrected chi connectivity index (χ3v) is 4.61. The fourth-order valence-corrected chi connectivity index (χ4v) is 3.09. The predicted octanol–water partition coefficient (Wildman–Crippen LogP) is 3.81. The lowest BCUT2D eigenvalue weighted by Crippen LogP contribution is -2.25. The molecule has 1 unspecified atom stereocenters. The second-order valence-electron chi connectivity index (χ2n) is 6.35. The maximum Gasteiger partial charge on any atom is 0.274 e. The largest absolute Gasteiger partial charge is 0.321 e. The van der Waals surface area contributed by atoms with Crippen LogP contribution in [-0.4, -0.2) is 18.2 Å². The van der Waals surface area contributed by atoms with Crippen LogP contribution >= 0.6 is 0 Å². The first kappa shape index (κ1) is 14.1. The van der Waals surface area contributed by atoms with E-state index in [-0.39, 0.29) is 5.91 Å². The van der Waals surface area contributed by atoms with Gasteiger partial charge < -0.3 is 5.32 Å². The quantitative estimate of drug-likeness (QED) is 0.880. The lowest BCUT2D eigenvalue weighted by atomic mass is 9.84. The van der Waals surface area contributed by atoms with Gasteiger partial charge in [0.25, 0.3) is 5.91 Å². The van der Waals surface area contributed by atoms with E-state index in [0.717, 1.165) is 25.1 Å². The van der Waals surface area contributed by atoms with E-state index < -0.39 is 0 Å². The van der Waals surface area contributed by atoms with Crippen LogP contribution in [0.1, 0.15) is 37.3 Å². The number of anilines is 1. The molecule has 1 heterocycles. The van der Waals surface area contributed by atoms with Crippen molar-refractivity contribution < 1.29 is 4.79 Å². The van der Waals surface area contributed by atoms with Gasteiger partial charge in [-0.05, 0) is 73.4 Å². The molecular weight excluding hydrogens is 260 g/mol. The Morgan fingerprint density at radius 3 is 2.86 bits per heavy atom. The summed E-state index contributed by atoms with van der Waals surface area (Å²) in [5.41, 5.74) is 6.51. The molecule has 3 nitrogen and oxygen atoms in total. The number of rotatable bonds is 2. The highest BCUT2D eigenvalue weighted by Gasteiger charge is 2.29. The summed E-state index contributed by atoms with van der Waals surface area (Å²) < 4.78 is 0. The Labute approximate surface area is 126 Å². The Morgan fingerprint density at radius 1 is 1.29 bits per heavy atom. The monoisotopic (exact) mass is 282 g/mol. The average Bonchev–Trinajstić information content (AvgIpc) is 2.86. The van der Waals surface area contributed by atoms with Gasteiger partial charge in [0.15, 0.2) is 0 Å². The molecule has 0 aromatic heterocycles. The molecule has 1 aromatic carbocycles. The average molecular weight is 282 g/mol. The smallest absolute Gasteiger partial charge is 0.274 e. The summed E-state index contributed by atoms with van der Waals surface area (Å²) in [6, 6.07) is 6.00. The van der Waals surface area contributed by atoms with Gasteiger partial charge in [-0.15, -0.1) is 0 Å². The number of amides is 1. The maximum absolute atomic E-state index is 12.5. The van der Waals surface area contributed by atoms with Crippen molar-refractivity contribution in [1.82, 2.24) is 0 Å². The number of carbonyl (C=O) groups is 1. The predicted molar refractivity (Wildman–Crippen MR) is 86.9 cm³/mol. The second-order valence-corrected chi connectivity index (χ2v) is 6.35. The fourth-order valence-electron chi connectivity index (χ4n) is 3.09. The molecule has 0 saturated heterocycles. The van der Waals surface area contributed by atoms with Gasteiger partial charge in [0.1, 0.15) is 5.71 Å². The standard InChI is InChI=1S/C18H22N2O/c1-11-4-6-14-10-19-17(16(14)8-11)18(21)20-15-7-5-12(2)13(3)9-15/h5,7,9,11H,4,6,8,10H2,1-3H3,(H,20,21). The Kier molecular flexibility index (Phi) is 3.66. The first-order chi connectivity index (χ1) is 10.0. The van der Waals surface area contributed by atoms with Crippen molar-refractivity contribution >= 4 is 17.3 Å². The van der Waals surface area contributed by atoms with Crippen molar-refractivity contribution in [2.24, 2.45) is 10.9 Å². The van der Waals surface area contributed by atoms with Crippen LogP contribution in [0.5, 0.6) is 0 Å². The van der Waals surface area contributed by atoms with Gasteiger partial charge in [-0.2, -0.15) is 0 Å². The minimum atomic E-state index is -0.0580. The van der Waals surface area contributed by atoms with Crippen molar-refractivity contribution in [3.63, 3.8) is 0 Å². The molecule has 0 saturated carbocycles. The highest BCUT2D eigenvalue weighted by atomic mass is 16.1. The third-order valence-electron chi connectivity index (χ3n) is 4.61. The van der Waals surface area contributed by atoms with Gasteiger partial charge in [-0.3, -0.25) is 9.79 Å². The van der Waals surface area contributed by atoms with Crippen LogP contribution in [-0.2, 0) is 4.79 Å². The topological polar surface area (TPSA) is 41.5 Å². The molecule has 1 aliphatic heterocycles. The van der Waals surface area contributed by atoms with Gasteiger partial charge in [0.2, 0.25) is 0 Å². The number of hydrogen-bond acceptors (Lipinski definition) is 2. The van der Waals surface area contributed by atoms with Crippen LogP contribution < -0.4 is 5.32 Å². The van der Waals surface area contributed by atoms with Crippen LogP contribution in [0.15, 0.2) is 34.3 Å². The Morgan fingerprint density at radius 2 is 2.10 bits per heavy atom. The van der Waals surface area contributed by atoms with Crippen LogP contribution in [0.2, 0.25) is 0 Å². The Bertz CT molecular complexity index is 655.